The lowest BCUT2D eigenvalue weighted by Gasteiger charge is -2.11. The van der Waals surface area contributed by atoms with Gasteiger partial charge in [-0.3, -0.25) is 0 Å². The van der Waals surface area contributed by atoms with Crippen LogP contribution in [0.25, 0.3) is 0 Å². The van der Waals surface area contributed by atoms with E-state index >= 15 is 0 Å². The van der Waals surface area contributed by atoms with Gasteiger partial charge in [0, 0.05) is 4.47 Å². The summed E-state index contributed by atoms with van der Waals surface area (Å²) < 4.78 is 28.2. The second kappa shape index (κ2) is 5.37. The molecule has 2 rings (SSSR count). The third kappa shape index (κ3) is 2.91. The van der Waals surface area contributed by atoms with E-state index in [2.05, 4.69) is 21.2 Å². The first kappa shape index (κ1) is 13.5. The molecule has 0 spiro atoms. The number of nitriles is 1. The van der Waals surface area contributed by atoms with Gasteiger partial charge < -0.3 is 5.32 Å². The summed E-state index contributed by atoms with van der Waals surface area (Å²) >= 11 is 3.32. The van der Waals surface area contributed by atoms with Crippen LogP contribution in [-0.4, -0.2) is 0 Å². The monoisotopic (exact) mass is 322 g/mol. The number of anilines is 2. The Bertz CT molecular complexity index is 655. The van der Waals surface area contributed by atoms with Gasteiger partial charge in [-0.05, 0) is 52.7 Å². The minimum atomic E-state index is -0.802. The molecule has 0 aliphatic heterocycles. The number of benzene rings is 2. The Balaban J connectivity index is 2.41. The van der Waals surface area contributed by atoms with Crippen molar-refractivity contribution < 1.29 is 8.78 Å². The molecule has 1 N–H and O–H groups in total. The van der Waals surface area contributed by atoms with E-state index in [1.807, 2.05) is 19.1 Å². The number of rotatable bonds is 2. The van der Waals surface area contributed by atoms with Crippen LogP contribution in [0, 0.1) is 29.9 Å². The molecule has 0 radical (unpaired) electrons. The van der Waals surface area contributed by atoms with Crippen LogP contribution in [0.3, 0.4) is 0 Å². The minimum Gasteiger partial charge on any atom is -0.350 e. The molecule has 0 aromatic heterocycles. The van der Waals surface area contributed by atoms with Gasteiger partial charge in [-0.25, -0.2) is 8.78 Å². The van der Waals surface area contributed by atoms with Crippen LogP contribution in [0.2, 0.25) is 0 Å². The largest absolute Gasteiger partial charge is 0.350 e. The summed E-state index contributed by atoms with van der Waals surface area (Å²) in [5.74, 6) is -1.60. The van der Waals surface area contributed by atoms with E-state index in [4.69, 9.17) is 5.26 Å². The fraction of sp³-hybridized carbons (Fsp3) is 0.0714. The molecule has 0 saturated heterocycles. The van der Waals surface area contributed by atoms with E-state index in [1.54, 1.807) is 12.1 Å². The first-order chi connectivity index (χ1) is 9.01. The van der Waals surface area contributed by atoms with Crippen molar-refractivity contribution in [2.45, 2.75) is 6.92 Å². The normalized spacial score (nSPS) is 10.1. The van der Waals surface area contributed by atoms with E-state index in [0.717, 1.165) is 17.7 Å². The number of halogens is 3. The molecule has 0 unspecified atom stereocenters. The highest BCUT2D eigenvalue weighted by molar-refractivity contribution is 9.10. The molecule has 2 nitrogen and oxygen atoms in total. The van der Waals surface area contributed by atoms with E-state index in [1.165, 1.54) is 0 Å². The lowest BCUT2D eigenvalue weighted by atomic mass is 10.2. The SMILES string of the molecule is Cc1ccc(Nc2c(F)cc(C#N)cc2F)c(Br)c1. The van der Waals surface area contributed by atoms with E-state index in [-0.39, 0.29) is 11.3 Å². The molecule has 0 saturated carbocycles. The molecule has 0 heterocycles. The van der Waals surface area contributed by atoms with Crippen LogP contribution >= 0.6 is 15.9 Å². The van der Waals surface area contributed by atoms with Crippen LogP contribution in [-0.2, 0) is 0 Å². The topological polar surface area (TPSA) is 35.8 Å². The minimum absolute atomic E-state index is 0.0523. The zero-order chi connectivity index (χ0) is 14.0. The van der Waals surface area contributed by atoms with Gasteiger partial charge in [0.2, 0.25) is 0 Å². The lowest BCUT2D eigenvalue weighted by molar-refractivity contribution is 0.590. The molecule has 5 heteroatoms. The van der Waals surface area contributed by atoms with Gasteiger partial charge in [-0.15, -0.1) is 0 Å². The molecule has 0 atom stereocenters. The van der Waals surface area contributed by atoms with Gasteiger partial charge in [0.15, 0.2) is 11.6 Å². The van der Waals surface area contributed by atoms with Crippen molar-refractivity contribution in [3.05, 3.63) is 57.6 Å². The van der Waals surface area contributed by atoms with Gasteiger partial charge in [0.05, 0.1) is 17.3 Å². The van der Waals surface area contributed by atoms with Gasteiger partial charge >= 0.3 is 0 Å². The Morgan fingerprint density at radius 1 is 1.16 bits per heavy atom. The zero-order valence-electron chi connectivity index (χ0n) is 9.97. The molecule has 0 aliphatic rings. The molecular formula is C14H9BrF2N2. The summed E-state index contributed by atoms with van der Waals surface area (Å²) in [4.78, 5) is 0. The zero-order valence-corrected chi connectivity index (χ0v) is 11.6. The number of nitrogens with one attached hydrogen (secondary N) is 1. The lowest BCUT2D eigenvalue weighted by Crippen LogP contribution is -1.99. The van der Waals surface area contributed by atoms with Crippen LogP contribution in [0.4, 0.5) is 20.2 Å². The fourth-order valence-electron chi connectivity index (χ4n) is 1.61. The average molecular weight is 323 g/mol. The summed E-state index contributed by atoms with van der Waals surface area (Å²) in [6.45, 7) is 1.91. The summed E-state index contributed by atoms with van der Waals surface area (Å²) in [5.41, 5.74) is 1.25. The van der Waals surface area contributed by atoms with Crippen molar-refractivity contribution in [3.8, 4) is 6.07 Å². The van der Waals surface area contributed by atoms with E-state index < -0.39 is 11.6 Å². The molecule has 96 valence electrons. The number of hydrogen-bond acceptors (Lipinski definition) is 2. The van der Waals surface area contributed by atoms with Crippen LogP contribution in [0.5, 0.6) is 0 Å². The van der Waals surface area contributed by atoms with Crippen molar-refractivity contribution in [1.29, 1.82) is 5.26 Å². The van der Waals surface area contributed by atoms with Crippen LogP contribution in [0.15, 0.2) is 34.8 Å². The maximum atomic E-state index is 13.7. The Kier molecular flexibility index (Phi) is 3.82. The molecule has 19 heavy (non-hydrogen) atoms. The van der Waals surface area contributed by atoms with Crippen molar-refractivity contribution in [1.82, 2.24) is 0 Å². The van der Waals surface area contributed by atoms with Crippen molar-refractivity contribution in [3.63, 3.8) is 0 Å². The van der Waals surface area contributed by atoms with Gasteiger partial charge in [0.25, 0.3) is 0 Å². The number of aryl methyl sites for hydroxylation is 1. The third-order valence-electron chi connectivity index (χ3n) is 2.56. The standard InChI is InChI=1S/C14H9BrF2N2/c1-8-2-3-13(10(15)4-8)19-14-11(16)5-9(7-18)6-12(14)17/h2-6,19H,1H3. The molecule has 0 bridgehead atoms. The quantitative estimate of drug-likeness (QED) is 0.873. The van der Waals surface area contributed by atoms with Gasteiger partial charge in [-0.2, -0.15) is 5.26 Å². The predicted molar refractivity (Wildman–Crippen MR) is 73.2 cm³/mol. The first-order valence-corrected chi connectivity index (χ1v) is 6.23. The van der Waals surface area contributed by atoms with Crippen molar-refractivity contribution in [2.75, 3.05) is 5.32 Å². The number of hydrogen-bond donors (Lipinski definition) is 1. The highest BCUT2D eigenvalue weighted by atomic mass is 79.9. The van der Waals surface area contributed by atoms with Crippen molar-refractivity contribution >= 4 is 27.3 Å². The molecule has 2 aromatic rings. The van der Waals surface area contributed by atoms with Crippen molar-refractivity contribution in [2.24, 2.45) is 0 Å². The van der Waals surface area contributed by atoms with E-state index in [0.29, 0.717) is 10.2 Å². The Morgan fingerprint density at radius 2 is 1.79 bits per heavy atom. The second-order valence-corrected chi connectivity index (χ2v) is 4.89. The van der Waals surface area contributed by atoms with Crippen LogP contribution < -0.4 is 5.32 Å². The fourth-order valence-corrected chi connectivity index (χ4v) is 2.21. The highest BCUT2D eigenvalue weighted by Crippen LogP contribution is 2.30. The third-order valence-corrected chi connectivity index (χ3v) is 3.21. The average Bonchev–Trinajstić information content (AvgIpc) is 2.35. The Labute approximate surface area is 117 Å². The summed E-state index contributed by atoms with van der Waals surface area (Å²) in [5, 5.41) is 11.3. The first-order valence-electron chi connectivity index (χ1n) is 5.43. The van der Waals surface area contributed by atoms with E-state index in [9.17, 15) is 8.78 Å². The highest BCUT2D eigenvalue weighted by Gasteiger charge is 2.12. The van der Waals surface area contributed by atoms with Crippen LogP contribution in [0.1, 0.15) is 11.1 Å². The molecular weight excluding hydrogens is 314 g/mol. The summed E-state index contributed by atoms with van der Waals surface area (Å²) in [7, 11) is 0. The summed E-state index contributed by atoms with van der Waals surface area (Å²) in [6, 6.07) is 9.07. The molecule has 0 amide bonds. The Hall–Kier alpha value is -1.93. The second-order valence-electron chi connectivity index (χ2n) is 4.03. The predicted octanol–water partition coefficient (Wildman–Crippen LogP) is 4.65. The Morgan fingerprint density at radius 3 is 2.32 bits per heavy atom. The summed E-state index contributed by atoms with van der Waals surface area (Å²) in [6.07, 6.45) is 0. The number of nitrogens with zero attached hydrogens (tertiary/aromatic N) is 1. The maximum absolute atomic E-state index is 13.7. The molecule has 0 aliphatic carbocycles. The maximum Gasteiger partial charge on any atom is 0.150 e. The van der Waals surface area contributed by atoms with Gasteiger partial charge in [0.1, 0.15) is 5.69 Å². The smallest absolute Gasteiger partial charge is 0.150 e. The molecule has 0 fully saturated rings. The molecule has 2 aromatic carbocycles. The van der Waals surface area contributed by atoms with Gasteiger partial charge in [-0.1, -0.05) is 6.07 Å².